The fraction of sp³-hybridized carbons (Fsp3) is 0. The summed E-state index contributed by atoms with van der Waals surface area (Å²) < 4.78 is 13.6. The van der Waals surface area contributed by atoms with E-state index in [1.807, 2.05) is 0 Å². The van der Waals surface area contributed by atoms with Crippen molar-refractivity contribution in [2.75, 3.05) is 5.32 Å². The molecule has 1 amide bonds. The Morgan fingerprint density at radius 3 is 2.89 bits per heavy atom. The molecule has 1 aromatic carbocycles. The third kappa shape index (κ3) is 2.41. The Balaban J connectivity index is 2.27. The van der Waals surface area contributed by atoms with E-state index in [1.54, 1.807) is 0 Å². The molecule has 6 heteroatoms. The van der Waals surface area contributed by atoms with Crippen molar-refractivity contribution in [2.24, 2.45) is 0 Å². The van der Waals surface area contributed by atoms with Crippen LogP contribution in [0.4, 0.5) is 10.1 Å². The van der Waals surface area contributed by atoms with E-state index in [0.717, 1.165) is 6.20 Å². The van der Waals surface area contributed by atoms with Crippen molar-refractivity contribution in [3.05, 3.63) is 53.1 Å². The van der Waals surface area contributed by atoms with Crippen LogP contribution in [0.2, 0.25) is 5.02 Å². The number of nitrogens with zero attached hydrogens (tertiary/aromatic N) is 1. The molecule has 0 saturated heterocycles. The molecule has 0 fully saturated rings. The highest BCUT2D eigenvalue weighted by Crippen LogP contribution is 2.23. The van der Waals surface area contributed by atoms with E-state index < -0.39 is 11.7 Å². The molecule has 4 nitrogen and oxygen atoms in total. The number of anilines is 1. The Labute approximate surface area is 107 Å². The molecule has 0 atom stereocenters. The maximum Gasteiger partial charge on any atom is 0.259 e. The lowest BCUT2D eigenvalue weighted by atomic mass is 10.2. The van der Waals surface area contributed by atoms with Crippen LogP contribution in [0.15, 0.2) is 36.7 Å². The molecule has 0 aliphatic rings. The van der Waals surface area contributed by atoms with Crippen LogP contribution in [0.5, 0.6) is 5.75 Å². The molecule has 1 heterocycles. The number of hydrogen-bond acceptors (Lipinski definition) is 3. The van der Waals surface area contributed by atoms with E-state index in [-0.39, 0.29) is 22.0 Å². The molecule has 2 N–H and O–H groups in total. The predicted molar refractivity (Wildman–Crippen MR) is 65.3 cm³/mol. The van der Waals surface area contributed by atoms with E-state index in [2.05, 4.69) is 10.3 Å². The van der Waals surface area contributed by atoms with Crippen LogP contribution >= 0.6 is 11.6 Å². The number of benzene rings is 1. The van der Waals surface area contributed by atoms with E-state index in [0.29, 0.717) is 0 Å². The largest absolute Gasteiger partial charge is 0.505 e. The molecular formula is C12H8ClFN2O2. The molecule has 1 aromatic heterocycles. The maximum absolute atomic E-state index is 13.6. The molecule has 92 valence electrons. The summed E-state index contributed by atoms with van der Waals surface area (Å²) in [7, 11) is 0. The second-order valence-corrected chi connectivity index (χ2v) is 3.86. The highest BCUT2D eigenvalue weighted by Gasteiger charge is 2.14. The highest BCUT2D eigenvalue weighted by atomic mass is 35.5. The summed E-state index contributed by atoms with van der Waals surface area (Å²) >= 11 is 5.59. The van der Waals surface area contributed by atoms with Crippen LogP contribution in [0.1, 0.15) is 10.4 Å². The topological polar surface area (TPSA) is 62.2 Å². The van der Waals surface area contributed by atoms with Crippen molar-refractivity contribution >= 4 is 23.2 Å². The molecule has 0 bridgehead atoms. The van der Waals surface area contributed by atoms with Gasteiger partial charge in [0.2, 0.25) is 0 Å². The first kappa shape index (κ1) is 12.3. The number of carbonyl (C=O) groups is 1. The molecule has 0 aliphatic heterocycles. The minimum Gasteiger partial charge on any atom is -0.505 e. The summed E-state index contributed by atoms with van der Waals surface area (Å²) in [6, 6.07) is 5.58. The fourth-order valence-electron chi connectivity index (χ4n) is 1.37. The third-order valence-corrected chi connectivity index (χ3v) is 2.54. The van der Waals surface area contributed by atoms with Crippen molar-refractivity contribution in [1.29, 1.82) is 0 Å². The van der Waals surface area contributed by atoms with Crippen molar-refractivity contribution in [2.45, 2.75) is 0 Å². The maximum atomic E-state index is 13.6. The molecular weight excluding hydrogens is 259 g/mol. The van der Waals surface area contributed by atoms with Gasteiger partial charge in [0.25, 0.3) is 5.91 Å². The Morgan fingerprint density at radius 2 is 2.17 bits per heavy atom. The van der Waals surface area contributed by atoms with Crippen LogP contribution in [0.3, 0.4) is 0 Å². The zero-order valence-electron chi connectivity index (χ0n) is 9.02. The molecule has 18 heavy (non-hydrogen) atoms. The SMILES string of the molecule is O=C(Nc1cccc(Cl)c1F)c1ccncc1O. The molecule has 0 radical (unpaired) electrons. The van der Waals surface area contributed by atoms with Crippen molar-refractivity contribution in [3.8, 4) is 5.75 Å². The van der Waals surface area contributed by atoms with Gasteiger partial charge in [-0.25, -0.2) is 4.39 Å². The number of aromatic nitrogens is 1. The van der Waals surface area contributed by atoms with E-state index in [1.165, 1.54) is 30.5 Å². The second-order valence-electron chi connectivity index (χ2n) is 3.45. The minimum absolute atomic E-state index is 0.00405. The van der Waals surface area contributed by atoms with Gasteiger partial charge in [0, 0.05) is 6.20 Å². The first-order valence-electron chi connectivity index (χ1n) is 4.98. The average Bonchev–Trinajstić information content (AvgIpc) is 2.35. The summed E-state index contributed by atoms with van der Waals surface area (Å²) in [5, 5.41) is 11.7. The van der Waals surface area contributed by atoms with E-state index in [4.69, 9.17) is 11.6 Å². The Morgan fingerprint density at radius 1 is 1.39 bits per heavy atom. The highest BCUT2D eigenvalue weighted by molar-refractivity contribution is 6.31. The Kier molecular flexibility index (Phi) is 3.43. The summed E-state index contributed by atoms with van der Waals surface area (Å²) in [5.74, 6) is -1.64. The number of halogens is 2. The molecule has 2 rings (SSSR count). The zero-order valence-corrected chi connectivity index (χ0v) is 9.78. The number of nitrogens with one attached hydrogen (secondary N) is 1. The standard InChI is InChI=1S/C12H8ClFN2O2/c13-8-2-1-3-9(11(8)14)16-12(18)7-4-5-15-6-10(7)17/h1-6,17H,(H,16,18). The van der Waals surface area contributed by atoms with Gasteiger partial charge in [-0.05, 0) is 18.2 Å². The zero-order chi connectivity index (χ0) is 13.1. The second kappa shape index (κ2) is 5.01. The predicted octanol–water partition coefficient (Wildman–Crippen LogP) is 2.83. The van der Waals surface area contributed by atoms with Gasteiger partial charge in [0.1, 0.15) is 5.75 Å². The van der Waals surface area contributed by atoms with Gasteiger partial charge in [0.05, 0.1) is 22.5 Å². The lowest BCUT2D eigenvalue weighted by molar-refractivity contribution is 0.102. The third-order valence-electron chi connectivity index (χ3n) is 2.24. The van der Waals surface area contributed by atoms with Gasteiger partial charge in [-0.1, -0.05) is 17.7 Å². The molecule has 0 aliphatic carbocycles. The number of carbonyl (C=O) groups excluding carboxylic acids is 1. The van der Waals surface area contributed by atoms with Crippen molar-refractivity contribution in [1.82, 2.24) is 4.98 Å². The van der Waals surface area contributed by atoms with Gasteiger partial charge in [0.15, 0.2) is 5.82 Å². The molecule has 0 saturated carbocycles. The number of hydrogen-bond donors (Lipinski definition) is 2. The van der Waals surface area contributed by atoms with Gasteiger partial charge < -0.3 is 10.4 Å². The normalized spacial score (nSPS) is 10.1. The summed E-state index contributed by atoms with van der Waals surface area (Å²) in [5.41, 5.74) is -0.0481. The number of pyridine rings is 1. The van der Waals surface area contributed by atoms with Crippen LogP contribution in [0, 0.1) is 5.82 Å². The van der Waals surface area contributed by atoms with E-state index in [9.17, 15) is 14.3 Å². The van der Waals surface area contributed by atoms with Gasteiger partial charge in [-0.15, -0.1) is 0 Å². The van der Waals surface area contributed by atoms with Gasteiger partial charge in [-0.2, -0.15) is 0 Å². The first-order chi connectivity index (χ1) is 8.59. The van der Waals surface area contributed by atoms with Crippen LogP contribution in [-0.4, -0.2) is 16.0 Å². The Bertz CT molecular complexity index is 604. The monoisotopic (exact) mass is 266 g/mol. The van der Waals surface area contributed by atoms with Crippen molar-refractivity contribution < 1.29 is 14.3 Å². The minimum atomic E-state index is -0.721. The van der Waals surface area contributed by atoms with Gasteiger partial charge in [-0.3, -0.25) is 9.78 Å². The molecule has 2 aromatic rings. The fourth-order valence-corrected chi connectivity index (χ4v) is 1.54. The first-order valence-corrected chi connectivity index (χ1v) is 5.35. The quantitative estimate of drug-likeness (QED) is 0.879. The van der Waals surface area contributed by atoms with Crippen LogP contribution in [0.25, 0.3) is 0 Å². The number of rotatable bonds is 2. The van der Waals surface area contributed by atoms with Gasteiger partial charge >= 0.3 is 0 Å². The van der Waals surface area contributed by atoms with Crippen LogP contribution < -0.4 is 5.32 Å². The lowest BCUT2D eigenvalue weighted by Gasteiger charge is -2.07. The summed E-state index contributed by atoms with van der Waals surface area (Å²) in [6.45, 7) is 0. The van der Waals surface area contributed by atoms with E-state index >= 15 is 0 Å². The smallest absolute Gasteiger partial charge is 0.259 e. The Hall–Kier alpha value is -2.14. The number of aromatic hydroxyl groups is 1. The lowest BCUT2D eigenvalue weighted by Crippen LogP contribution is -2.13. The molecule has 0 spiro atoms. The molecule has 0 unspecified atom stereocenters. The number of amides is 1. The van der Waals surface area contributed by atoms with Crippen LogP contribution in [-0.2, 0) is 0 Å². The van der Waals surface area contributed by atoms with Crippen molar-refractivity contribution in [3.63, 3.8) is 0 Å². The summed E-state index contributed by atoms with van der Waals surface area (Å²) in [6.07, 6.45) is 2.48. The average molecular weight is 267 g/mol. The summed E-state index contributed by atoms with van der Waals surface area (Å²) in [4.78, 5) is 15.4.